The van der Waals surface area contributed by atoms with Gasteiger partial charge >= 0.3 is 0 Å². The summed E-state index contributed by atoms with van der Waals surface area (Å²) in [5.41, 5.74) is 5.89. The molecule has 15 heavy (non-hydrogen) atoms. The van der Waals surface area contributed by atoms with Gasteiger partial charge in [0.25, 0.3) is 0 Å². The van der Waals surface area contributed by atoms with Crippen LogP contribution in [0.2, 0.25) is 0 Å². The maximum atomic E-state index is 11.6. The Morgan fingerprint density at radius 1 is 1.20 bits per heavy atom. The van der Waals surface area contributed by atoms with Crippen LogP contribution in [0, 0.1) is 5.41 Å². The summed E-state index contributed by atoms with van der Waals surface area (Å²) in [4.78, 5) is 11.6. The molecule has 0 rings (SSSR count). The van der Waals surface area contributed by atoms with Crippen LogP contribution in [-0.2, 0) is 4.79 Å². The van der Waals surface area contributed by atoms with E-state index in [1.54, 1.807) is 0 Å². The third-order valence-electron chi connectivity index (χ3n) is 2.74. The molecular formula is C12H26N2O. The van der Waals surface area contributed by atoms with Gasteiger partial charge in [-0.15, -0.1) is 0 Å². The van der Waals surface area contributed by atoms with Gasteiger partial charge < -0.3 is 11.1 Å². The average Bonchev–Trinajstić information content (AvgIpc) is 2.12. The third-order valence-corrected chi connectivity index (χ3v) is 2.74. The summed E-state index contributed by atoms with van der Waals surface area (Å²) in [5, 5.41) is 2.92. The third kappa shape index (κ3) is 6.50. The van der Waals surface area contributed by atoms with Crippen molar-refractivity contribution in [2.45, 2.75) is 59.4 Å². The zero-order chi connectivity index (χ0) is 12.1. The topological polar surface area (TPSA) is 55.1 Å². The van der Waals surface area contributed by atoms with E-state index in [1.807, 2.05) is 0 Å². The minimum Gasteiger partial charge on any atom is -0.354 e. The Morgan fingerprint density at radius 3 is 2.00 bits per heavy atom. The summed E-state index contributed by atoms with van der Waals surface area (Å²) < 4.78 is 0. The molecular weight excluding hydrogens is 188 g/mol. The molecule has 0 aromatic heterocycles. The molecule has 0 saturated heterocycles. The average molecular weight is 214 g/mol. The molecule has 0 aliphatic carbocycles. The van der Waals surface area contributed by atoms with E-state index in [9.17, 15) is 4.79 Å². The first-order valence-corrected chi connectivity index (χ1v) is 5.78. The Balaban J connectivity index is 4.00. The van der Waals surface area contributed by atoms with Gasteiger partial charge in [-0.3, -0.25) is 4.79 Å². The van der Waals surface area contributed by atoms with Crippen LogP contribution in [0.3, 0.4) is 0 Å². The van der Waals surface area contributed by atoms with Crippen LogP contribution in [0.4, 0.5) is 0 Å². The fourth-order valence-corrected chi connectivity index (χ4v) is 1.32. The van der Waals surface area contributed by atoms with Crippen molar-refractivity contribution in [1.82, 2.24) is 5.32 Å². The van der Waals surface area contributed by atoms with E-state index in [2.05, 4.69) is 39.9 Å². The Hall–Kier alpha value is -0.570. The number of hydrogen-bond donors (Lipinski definition) is 2. The molecule has 3 heteroatoms. The maximum Gasteiger partial charge on any atom is 0.220 e. The molecule has 0 aliphatic heterocycles. The highest BCUT2D eigenvalue weighted by Gasteiger charge is 2.22. The van der Waals surface area contributed by atoms with Crippen molar-refractivity contribution < 1.29 is 4.79 Å². The van der Waals surface area contributed by atoms with Gasteiger partial charge in [-0.05, 0) is 18.3 Å². The molecule has 3 nitrogen and oxygen atoms in total. The lowest BCUT2D eigenvalue weighted by Gasteiger charge is -2.27. The summed E-state index contributed by atoms with van der Waals surface area (Å²) >= 11 is 0. The number of amides is 1. The van der Waals surface area contributed by atoms with Crippen LogP contribution in [-0.4, -0.2) is 18.0 Å². The van der Waals surface area contributed by atoms with Crippen LogP contribution in [0.15, 0.2) is 0 Å². The summed E-state index contributed by atoms with van der Waals surface area (Å²) in [7, 11) is 0. The van der Waals surface area contributed by atoms with Crippen molar-refractivity contribution in [2.75, 3.05) is 6.54 Å². The van der Waals surface area contributed by atoms with Crippen molar-refractivity contribution in [3.05, 3.63) is 0 Å². The molecule has 0 bridgehead atoms. The highest BCUT2D eigenvalue weighted by atomic mass is 16.1. The molecule has 0 saturated carbocycles. The zero-order valence-corrected chi connectivity index (χ0v) is 10.8. The number of nitrogens with two attached hydrogens (primary N) is 1. The first-order valence-electron chi connectivity index (χ1n) is 5.78. The van der Waals surface area contributed by atoms with Gasteiger partial charge in [0, 0.05) is 18.5 Å². The van der Waals surface area contributed by atoms with E-state index < -0.39 is 0 Å². The number of carbonyl (C=O) groups is 1. The van der Waals surface area contributed by atoms with E-state index in [1.165, 1.54) is 0 Å². The van der Waals surface area contributed by atoms with Crippen molar-refractivity contribution in [3.8, 4) is 0 Å². The van der Waals surface area contributed by atoms with Crippen molar-refractivity contribution in [1.29, 1.82) is 0 Å². The molecule has 0 aliphatic rings. The standard InChI is InChI=1S/C12H26N2O/c1-6-12(13,7-2)9-14-10(15)8-11(3,4)5/h6-9,13H2,1-5H3,(H,14,15). The quantitative estimate of drug-likeness (QED) is 0.736. The predicted octanol–water partition coefficient (Wildman–Crippen LogP) is 2.06. The normalized spacial score (nSPS) is 12.7. The monoisotopic (exact) mass is 214 g/mol. The Bertz CT molecular complexity index is 202. The molecule has 0 radical (unpaired) electrons. The highest BCUT2D eigenvalue weighted by molar-refractivity contribution is 5.76. The van der Waals surface area contributed by atoms with E-state index in [0.717, 1.165) is 12.8 Å². The lowest BCUT2D eigenvalue weighted by Crippen LogP contribution is -2.49. The predicted molar refractivity (Wildman–Crippen MR) is 64.6 cm³/mol. The van der Waals surface area contributed by atoms with E-state index >= 15 is 0 Å². The van der Waals surface area contributed by atoms with Crippen LogP contribution < -0.4 is 11.1 Å². The Kier molecular flexibility index (Phi) is 5.29. The molecule has 3 N–H and O–H groups in total. The van der Waals surface area contributed by atoms with Gasteiger partial charge in [-0.2, -0.15) is 0 Å². The number of nitrogens with one attached hydrogen (secondary N) is 1. The minimum atomic E-state index is -0.243. The Morgan fingerprint density at radius 2 is 1.67 bits per heavy atom. The van der Waals surface area contributed by atoms with Gasteiger partial charge in [0.05, 0.1) is 0 Å². The van der Waals surface area contributed by atoms with Gasteiger partial charge in [0.1, 0.15) is 0 Å². The summed E-state index contributed by atoms with van der Waals surface area (Å²) in [6.45, 7) is 10.9. The number of hydrogen-bond acceptors (Lipinski definition) is 2. The van der Waals surface area contributed by atoms with E-state index in [0.29, 0.717) is 13.0 Å². The Labute approximate surface area is 93.8 Å². The van der Waals surface area contributed by atoms with Crippen LogP contribution in [0.25, 0.3) is 0 Å². The fourth-order valence-electron chi connectivity index (χ4n) is 1.32. The van der Waals surface area contributed by atoms with Crippen LogP contribution >= 0.6 is 0 Å². The number of rotatable bonds is 5. The van der Waals surface area contributed by atoms with E-state index in [-0.39, 0.29) is 16.9 Å². The molecule has 0 atom stereocenters. The van der Waals surface area contributed by atoms with Gasteiger partial charge in [0.2, 0.25) is 5.91 Å². The maximum absolute atomic E-state index is 11.6. The van der Waals surface area contributed by atoms with Gasteiger partial charge in [-0.1, -0.05) is 34.6 Å². The molecule has 0 aromatic rings. The second kappa shape index (κ2) is 5.50. The van der Waals surface area contributed by atoms with Crippen molar-refractivity contribution >= 4 is 5.91 Å². The zero-order valence-electron chi connectivity index (χ0n) is 10.8. The molecule has 90 valence electrons. The largest absolute Gasteiger partial charge is 0.354 e. The molecule has 0 aromatic carbocycles. The SMILES string of the molecule is CCC(N)(CC)CNC(=O)CC(C)(C)C. The fraction of sp³-hybridized carbons (Fsp3) is 0.917. The minimum absolute atomic E-state index is 0.0414. The van der Waals surface area contributed by atoms with Gasteiger partial charge in [-0.25, -0.2) is 0 Å². The van der Waals surface area contributed by atoms with E-state index in [4.69, 9.17) is 5.73 Å². The first-order chi connectivity index (χ1) is 6.72. The molecule has 1 amide bonds. The smallest absolute Gasteiger partial charge is 0.220 e. The van der Waals surface area contributed by atoms with Crippen LogP contribution in [0.5, 0.6) is 0 Å². The summed E-state index contributed by atoms with van der Waals surface area (Å²) in [6.07, 6.45) is 2.33. The molecule has 0 heterocycles. The first kappa shape index (κ1) is 14.4. The van der Waals surface area contributed by atoms with Gasteiger partial charge in [0.15, 0.2) is 0 Å². The molecule has 0 spiro atoms. The van der Waals surface area contributed by atoms with Crippen LogP contribution in [0.1, 0.15) is 53.9 Å². The lowest BCUT2D eigenvalue weighted by atomic mass is 9.91. The summed E-state index contributed by atoms with van der Waals surface area (Å²) in [6, 6.07) is 0. The van der Waals surface area contributed by atoms with Crippen molar-refractivity contribution in [3.63, 3.8) is 0 Å². The molecule has 0 fully saturated rings. The second-order valence-electron chi connectivity index (χ2n) is 5.58. The molecule has 0 unspecified atom stereocenters. The summed E-state index contributed by atoms with van der Waals surface area (Å²) in [5.74, 6) is 0.0965. The van der Waals surface area contributed by atoms with Crippen molar-refractivity contribution in [2.24, 2.45) is 11.1 Å². The number of carbonyl (C=O) groups excluding carboxylic acids is 1. The second-order valence-corrected chi connectivity index (χ2v) is 5.58. The lowest BCUT2D eigenvalue weighted by molar-refractivity contribution is -0.123. The highest BCUT2D eigenvalue weighted by Crippen LogP contribution is 2.18.